The predicted molar refractivity (Wildman–Crippen MR) is 124 cm³/mol. The third kappa shape index (κ3) is 4.36. The van der Waals surface area contributed by atoms with Crippen molar-refractivity contribution in [2.24, 2.45) is 0 Å². The fourth-order valence-electron chi connectivity index (χ4n) is 3.20. The molecule has 3 aromatic heterocycles. The number of carbonyl (C=O) groups excluding carboxylic acids is 1. The van der Waals surface area contributed by atoms with Gasteiger partial charge in [0.05, 0.1) is 30.7 Å². The Morgan fingerprint density at radius 3 is 2.74 bits per heavy atom. The number of aromatic amines is 1. The second-order valence-corrected chi connectivity index (χ2v) is 7.94. The third-order valence-electron chi connectivity index (χ3n) is 4.87. The number of aromatic nitrogens is 5. The molecule has 34 heavy (non-hydrogen) atoms. The number of fused-ring (bicyclic) bond motifs is 1. The third-order valence-corrected chi connectivity index (χ3v) is 5.83. The van der Waals surface area contributed by atoms with E-state index in [-0.39, 0.29) is 34.5 Å². The van der Waals surface area contributed by atoms with Gasteiger partial charge in [-0.05, 0) is 24.6 Å². The summed E-state index contributed by atoms with van der Waals surface area (Å²) in [5.41, 5.74) is 0.634. The van der Waals surface area contributed by atoms with Crippen LogP contribution in [0.15, 0.2) is 30.6 Å². The molecule has 0 spiro atoms. The number of ether oxygens (including phenoxy) is 2. The maximum absolute atomic E-state index is 15.1. The van der Waals surface area contributed by atoms with Gasteiger partial charge in [-0.2, -0.15) is 10.1 Å². The molecule has 0 saturated heterocycles. The molecule has 9 nitrogen and oxygen atoms in total. The molecule has 2 N–H and O–H groups in total. The molecule has 0 saturated carbocycles. The predicted octanol–water partition coefficient (Wildman–Crippen LogP) is 4.41. The average Bonchev–Trinajstić information content (AvgIpc) is 3.28. The van der Waals surface area contributed by atoms with Gasteiger partial charge in [-0.1, -0.05) is 18.9 Å². The zero-order chi connectivity index (χ0) is 24.2. The average molecular weight is 487 g/mol. The lowest BCUT2D eigenvalue weighted by Crippen LogP contribution is -2.08. The van der Waals surface area contributed by atoms with Gasteiger partial charge in [0.1, 0.15) is 17.2 Å². The van der Waals surface area contributed by atoms with E-state index in [1.165, 1.54) is 26.6 Å². The molecule has 3 heterocycles. The summed E-state index contributed by atoms with van der Waals surface area (Å²) in [5.74, 6) is -1.57. The second kappa shape index (κ2) is 10.00. The van der Waals surface area contributed by atoms with Gasteiger partial charge in [-0.15, -0.1) is 0 Å². The zero-order valence-corrected chi connectivity index (χ0v) is 19.3. The standard InChI is InChI=1S/C22H20F2N6O3S/c1-4-7-34-30-18-15(23)6-5-12(16(18)24)19(31)17-13-8-11(9-25-20(13)29-28-17)14-10-26-22(33-3)27-21(14)32-2/h5-6,8-10,30H,4,7H2,1-3H3,(H,25,28,29). The highest BCUT2D eigenvalue weighted by atomic mass is 32.2. The van der Waals surface area contributed by atoms with Gasteiger partial charge < -0.3 is 14.2 Å². The number of pyridine rings is 1. The van der Waals surface area contributed by atoms with E-state index >= 15 is 4.39 Å². The lowest BCUT2D eigenvalue weighted by atomic mass is 10.0. The number of nitrogens with one attached hydrogen (secondary N) is 2. The van der Waals surface area contributed by atoms with Crippen LogP contribution in [0, 0.1) is 11.6 Å². The number of methoxy groups -OCH3 is 2. The highest BCUT2D eigenvalue weighted by molar-refractivity contribution is 8.00. The highest BCUT2D eigenvalue weighted by Gasteiger charge is 2.24. The molecule has 0 atom stereocenters. The summed E-state index contributed by atoms with van der Waals surface area (Å²) in [6.45, 7) is 1.95. The van der Waals surface area contributed by atoms with Gasteiger partial charge in [0.2, 0.25) is 11.7 Å². The quantitative estimate of drug-likeness (QED) is 0.202. The normalized spacial score (nSPS) is 11.0. The van der Waals surface area contributed by atoms with Gasteiger partial charge in [-0.3, -0.25) is 9.89 Å². The van der Waals surface area contributed by atoms with E-state index in [0.29, 0.717) is 22.3 Å². The Kier molecular flexibility index (Phi) is 6.87. The Morgan fingerprint density at radius 2 is 2.00 bits per heavy atom. The number of hydrogen-bond acceptors (Lipinski definition) is 9. The first kappa shape index (κ1) is 23.4. The first-order valence-corrected chi connectivity index (χ1v) is 11.2. The van der Waals surface area contributed by atoms with Gasteiger partial charge in [0, 0.05) is 23.7 Å². The molecule has 0 aliphatic rings. The Labute approximate surface area is 197 Å². The molecule has 0 radical (unpaired) electrons. The van der Waals surface area contributed by atoms with Crippen LogP contribution < -0.4 is 14.2 Å². The van der Waals surface area contributed by atoms with Crippen LogP contribution in [-0.2, 0) is 0 Å². The van der Waals surface area contributed by atoms with E-state index in [2.05, 4.69) is 29.9 Å². The van der Waals surface area contributed by atoms with Crippen LogP contribution in [0.4, 0.5) is 14.5 Å². The molecule has 12 heteroatoms. The van der Waals surface area contributed by atoms with Crippen LogP contribution >= 0.6 is 11.9 Å². The monoisotopic (exact) mass is 486 g/mol. The summed E-state index contributed by atoms with van der Waals surface area (Å²) in [6.07, 6.45) is 3.84. The van der Waals surface area contributed by atoms with E-state index in [1.807, 2.05) is 6.92 Å². The number of benzene rings is 1. The highest BCUT2D eigenvalue weighted by Crippen LogP contribution is 2.32. The molecule has 0 amide bonds. The Bertz CT molecular complexity index is 1360. The number of rotatable bonds is 9. The van der Waals surface area contributed by atoms with Crippen LogP contribution in [0.5, 0.6) is 11.9 Å². The topological polar surface area (TPSA) is 115 Å². The van der Waals surface area contributed by atoms with Gasteiger partial charge in [-0.25, -0.2) is 18.7 Å². The number of ketones is 1. The smallest absolute Gasteiger partial charge is 0.319 e. The van der Waals surface area contributed by atoms with E-state index in [9.17, 15) is 9.18 Å². The maximum atomic E-state index is 15.1. The van der Waals surface area contributed by atoms with Crippen LogP contribution in [0.1, 0.15) is 29.4 Å². The number of anilines is 1. The Hall–Kier alpha value is -3.80. The molecular formula is C22H20F2N6O3S. The van der Waals surface area contributed by atoms with Crippen LogP contribution in [0.2, 0.25) is 0 Å². The molecule has 4 rings (SSSR count). The molecule has 0 unspecified atom stereocenters. The fraction of sp³-hybridized carbons (Fsp3) is 0.227. The summed E-state index contributed by atoms with van der Waals surface area (Å²) < 4.78 is 42.3. The van der Waals surface area contributed by atoms with Crippen molar-refractivity contribution in [2.45, 2.75) is 13.3 Å². The number of hydrogen-bond donors (Lipinski definition) is 2. The van der Waals surface area contributed by atoms with Crippen molar-refractivity contribution in [3.8, 4) is 23.0 Å². The summed E-state index contributed by atoms with van der Waals surface area (Å²) in [5, 5.41) is 7.01. The second-order valence-electron chi connectivity index (χ2n) is 7.04. The molecule has 0 bridgehead atoms. The van der Waals surface area contributed by atoms with Gasteiger partial charge >= 0.3 is 6.01 Å². The molecule has 0 fully saturated rings. The molecule has 0 aliphatic carbocycles. The minimum atomic E-state index is -0.981. The van der Waals surface area contributed by atoms with E-state index in [0.717, 1.165) is 30.5 Å². The Morgan fingerprint density at radius 1 is 1.18 bits per heavy atom. The number of nitrogens with zero attached hydrogens (tertiary/aromatic N) is 4. The first-order chi connectivity index (χ1) is 16.5. The summed E-state index contributed by atoms with van der Waals surface area (Å²) in [6, 6.07) is 3.92. The summed E-state index contributed by atoms with van der Waals surface area (Å²) in [4.78, 5) is 25.7. The fourth-order valence-corrected chi connectivity index (χ4v) is 3.84. The number of halogens is 2. The summed E-state index contributed by atoms with van der Waals surface area (Å²) >= 11 is 1.16. The number of H-pyrrole nitrogens is 1. The van der Waals surface area contributed by atoms with Crippen molar-refractivity contribution in [1.29, 1.82) is 0 Å². The van der Waals surface area contributed by atoms with Crippen molar-refractivity contribution in [3.63, 3.8) is 0 Å². The minimum Gasteiger partial charge on any atom is -0.480 e. The van der Waals surface area contributed by atoms with E-state index in [4.69, 9.17) is 9.47 Å². The molecule has 4 aromatic rings. The molecule has 0 aliphatic heterocycles. The maximum Gasteiger partial charge on any atom is 0.319 e. The Balaban J connectivity index is 1.75. The van der Waals surface area contributed by atoms with Crippen LogP contribution in [-0.4, -0.2) is 50.9 Å². The summed E-state index contributed by atoms with van der Waals surface area (Å²) in [7, 11) is 2.88. The SMILES string of the molecule is CCCSNc1c(F)ccc(C(=O)c2[nH]nc3ncc(-c4cnc(OC)nc4OC)cc23)c1F. The van der Waals surface area contributed by atoms with Crippen molar-refractivity contribution in [3.05, 3.63) is 53.5 Å². The minimum absolute atomic E-state index is 0.00964. The van der Waals surface area contributed by atoms with Gasteiger partial charge in [0.25, 0.3) is 0 Å². The number of carbonyl (C=O) groups is 1. The van der Waals surface area contributed by atoms with Crippen molar-refractivity contribution in [1.82, 2.24) is 25.1 Å². The molecule has 176 valence electrons. The first-order valence-electron chi connectivity index (χ1n) is 10.2. The van der Waals surface area contributed by atoms with Crippen molar-refractivity contribution in [2.75, 3.05) is 24.7 Å². The van der Waals surface area contributed by atoms with Crippen molar-refractivity contribution < 1.29 is 23.0 Å². The molecule has 1 aromatic carbocycles. The van der Waals surface area contributed by atoms with Gasteiger partial charge in [0.15, 0.2) is 11.5 Å². The van der Waals surface area contributed by atoms with Crippen molar-refractivity contribution >= 4 is 34.5 Å². The largest absolute Gasteiger partial charge is 0.480 e. The van der Waals surface area contributed by atoms with Crippen LogP contribution in [0.25, 0.3) is 22.2 Å². The lowest BCUT2D eigenvalue weighted by Gasteiger charge is -2.10. The molecular weight excluding hydrogens is 466 g/mol. The van der Waals surface area contributed by atoms with Crippen LogP contribution in [0.3, 0.4) is 0 Å². The zero-order valence-electron chi connectivity index (χ0n) is 18.5. The van der Waals surface area contributed by atoms with E-state index in [1.54, 1.807) is 6.07 Å². The van der Waals surface area contributed by atoms with E-state index < -0.39 is 17.4 Å². The lowest BCUT2D eigenvalue weighted by molar-refractivity contribution is 0.103.